The number of urea groups is 1. The Morgan fingerprint density at radius 2 is 1.86 bits per heavy atom. The second-order valence-corrected chi connectivity index (χ2v) is 5.52. The maximum atomic E-state index is 13.7. The molecule has 8 heteroatoms. The van der Waals surface area contributed by atoms with Crippen molar-refractivity contribution in [2.24, 2.45) is 0 Å². The van der Waals surface area contributed by atoms with Crippen LogP contribution in [0.3, 0.4) is 0 Å². The summed E-state index contributed by atoms with van der Waals surface area (Å²) >= 11 is 2.94. The van der Waals surface area contributed by atoms with E-state index in [4.69, 9.17) is 5.11 Å². The molecule has 0 atom stereocenters. The van der Waals surface area contributed by atoms with E-state index in [9.17, 15) is 18.4 Å². The molecule has 0 bridgehead atoms. The highest BCUT2D eigenvalue weighted by atomic mass is 79.9. The van der Waals surface area contributed by atoms with Gasteiger partial charge in [-0.1, -0.05) is 15.9 Å². The van der Waals surface area contributed by atoms with Gasteiger partial charge in [-0.15, -0.1) is 0 Å². The number of nitrogens with one attached hydrogen (secondary N) is 1. The number of rotatable bonds is 5. The number of carboxylic acids is 1. The van der Waals surface area contributed by atoms with E-state index in [-0.39, 0.29) is 23.5 Å². The molecule has 0 unspecified atom stereocenters. The van der Waals surface area contributed by atoms with Crippen molar-refractivity contribution in [1.29, 1.82) is 0 Å². The Balaban J connectivity index is 2.89. The number of carbonyl (C=O) groups excluding carboxylic acids is 1. The topological polar surface area (TPSA) is 69.6 Å². The fourth-order valence-corrected chi connectivity index (χ4v) is 2.05. The van der Waals surface area contributed by atoms with Crippen LogP contribution >= 0.6 is 15.9 Å². The van der Waals surface area contributed by atoms with Gasteiger partial charge in [-0.2, -0.15) is 0 Å². The number of hydrogen-bond acceptors (Lipinski definition) is 2. The fourth-order valence-electron chi connectivity index (χ4n) is 1.65. The summed E-state index contributed by atoms with van der Waals surface area (Å²) in [6, 6.07) is 0.975. The second kappa shape index (κ2) is 7.35. The first-order valence-corrected chi connectivity index (χ1v) is 6.95. The van der Waals surface area contributed by atoms with E-state index in [1.54, 1.807) is 13.8 Å². The van der Waals surface area contributed by atoms with Crippen molar-refractivity contribution in [2.75, 3.05) is 11.9 Å². The van der Waals surface area contributed by atoms with Gasteiger partial charge >= 0.3 is 12.0 Å². The molecule has 0 fully saturated rings. The zero-order valence-corrected chi connectivity index (χ0v) is 13.1. The predicted molar refractivity (Wildman–Crippen MR) is 77.2 cm³/mol. The van der Waals surface area contributed by atoms with Gasteiger partial charge in [0.05, 0.1) is 6.42 Å². The van der Waals surface area contributed by atoms with E-state index in [1.807, 2.05) is 0 Å². The summed E-state index contributed by atoms with van der Waals surface area (Å²) in [5, 5.41) is 10.8. The largest absolute Gasteiger partial charge is 0.481 e. The van der Waals surface area contributed by atoms with Crippen LogP contribution in [0.1, 0.15) is 20.3 Å². The number of hydrogen-bond donors (Lipinski definition) is 2. The Kier molecular flexibility index (Phi) is 6.07. The number of aliphatic carboxylic acids is 1. The van der Waals surface area contributed by atoms with Crippen LogP contribution in [0.4, 0.5) is 19.3 Å². The highest BCUT2D eigenvalue weighted by molar-refractivity contribution is 9.10. The van der Waals surface area contributed by atoms with Gasteiger partial charge in [0, 0.05) is 17.1 Å². The number of nitrogens with zero attached hydrogens (tertiary/aromatic N) is 1. The molecule has 1 aromatic rings. The quantitative estimate of drug-likeness (QED) is 0.840. The average molecular weight is 365 g/mol. The van der Waals surface area contributed by atoms with Crippen molar-refractivity contribution in [3.05, 3.63) is 28.2 Å². The molecule has 0 aromatic heterocycles. The molecule has 1 aromatic carbocycles. The maximum absolute atomic E-state index is 13.7. The number of halogens is 3. The van der Waals surface area contributed by atoms with Crippen LogP contribution in [0.25, 0.3) is 0 Å². The second-order valence-electron chi connectivity index (χ2n) is 4.61. The summed E-state index contributed by atoms with van der Waals surface area (Å²) in [6.45, 7) is 3.30. The Morgan fingerprint density at radius 3 is 2.29 bits per heavy atom. The Labute approximate surface area is 129 Å². The van der Waals surface area contributed by atoms with E-state index in [0.717, 1.165) is 12.1 Å². The summed E-state index contributed by atoms with van der Waals surface area (Å²) < 4.78 is 27.5. The van der Waals surface area contributed by atoms with E-state index in [2.05, 4.69) is 21.2 Å². The van der Waals surface area contributed by atoms with Crippen LogP contribution in [0.15, 0.2) is 16.6 Å². The van der Waals surface area contributed by atoms with Gasteiger partial charge in [-0.25, -0.2) is 13.6 Å². The molecule has 0 radical (unpaired) electrons. The van der Waals surface area contributed by atoms with Crippen molar-refractivity contribution in [1.82, 2.24) is 4.90 Å². The summed E-state index contributed by atoms with van der Waals surface area (Å²) in [5.74, 6) is -2.90. The van der Waals surface area contributed by atoms with Crippen LogP contribution in [-0.4, -0.2) is 34.6 Å². The van der Waals surface area contributed by atoms with Crippen molar-refractivity contribution < 1.29 is 23.5 Å². The minimum absolute atomic E-state index is 0.0569. The van der Waals surface area contributed by atoms with Gasteiger partial charge in [0.15, 0.2) is 11.6 Å². The van der Waals surface area contributed by atoms with Crippen LogP contribution in [0.2, 0.25) is 0 Å². The van der Waals surface area contributed by atoms with Crippen LogP contribution in [0.5, 0.6) is 0 Å². The monoisotopic (exact) mass is 364 g/mol. The van der Waals surface area contributed by atoms with Crippen LogP contribution in [0, 0.1) is 11.6 Å². The SMILES string of the molecule is CC(C)N(CCC(=O)O)C(=O)Nc1c(F)cc(Br)cc1F. The molecule has 0 aliphatic carbocycles. The standard InChI is InChI=1S/C13H15BrF2N2O3/c1-7(2)18(4-3-11(19)20)13(21)17-12-9(15)5-8(14)6-10(12)16/h5-7H,3-4H2,1-2H3,(H,17,21)(H,19,20). The van der Waals surface area contributed by atoms with Crippen LogP contribution in [-0.2, 0) is 4.79 Å². The molecule has 0 aliphatic heterocycles. The van der Waals surface area contributed by atoms with Gasteiger partial charge in [0.2, 0.25) is 0 Å². The first kappa shape index (κ1) is 17.4. The molecule has 2 N–H and O–H groups in total. The number of benzene rings is 1. The lowest BCUT2D eigenvalue weighted by Gasteiger charge is -2.26. The first-order chi connectivity index (χ1) is 9.72. The van der Waals surface area contributed by atoms with Gasteiger partial charge in [-0.05, 0) is 26.0 Å². The third-order valence-corrected chi connectivity index (χ3v) is 3.15. The molecule has 0 aliphatic rings. The molecule has 116 valence electrons. The van der Waals surface area contributed by atoms with Crippen molar-refractivity contribution >= 4 is 33.6 Å². The number of carbonyl (C=O) groups is 2. The lowest BCUT2D eigenvalue weighted by molar-refractivity contribution is -0.137. The third-order valence-electron chi connectivity index (χ3n) is 2.69. The van der Waals surface area contributed by atoms with Gasteiger partial charge < -0.3 is 15.3 Å². The van der Waals surface area contributed by atoms with Crippen LogP contribution < -0.4 is 5.32 Å². The minimum Gasteiger partial charge on any atom is -0.481 e. The fraction of sp³-hybridized carbons (Fsp3) is 0.385. The highest BCUT2D eigenvalue weighted by Crippen LogP contribution is 2.24. The van der Waals surface area contributed by atoms with E-state index in [1.165, 1.54) is 4.90 Å². The van der Waals surface area contributed by atoms with Crippen molar-refractivity contribution in [2.45, 2.75) is 26.3 Å². The molecular formula is C13H15BrF2N2O3. The summed E-state index contributed by atoms with van der Waals surface area (Å²) in [5.41, 5.74) is -0.566. The molecule has 0 saturated carbocycles. The molecule has 0 spiro atoms. The molecule has 0 saturated heterocycles. The Bertz CT molecular complexity index is 529. The highest BCUT2D eigenvalue weighted by Gasteiger charge is 2.21. The lowest BCUT2D eigenvalue weighted by Crippen LogP contribution is -2.41. The van der Waals surface area contributed by atoms with Gasteiger partial charge in [-0.3, -0.25) is 4.79 Å². The lowest BCUT2D eigenvalue weighted by atomic mass is 10.2. The molecule has 2 amide bonds. The maximum Gasteiger partial charge on any atom is 0.322 e. The number of amides is 2. The van der Waals surface area contributed by atoms with E-state index >= 15 is 0 Å². The molecule has 5 nitrogen and oxygen atoms in total. The summed E-state index contributed by atoms with van der Waals surface area (Å²) in [6.07, 6.45) is -0.253. The molecule has 21 heavy (non-hydrogen) atoms. The van der Waals surface area contributed by atoms with Gasteiger partial charge in [0.25, 0.3) is 0 Å². The van der Waals surface area contributed by atoms with Crippen molar-refractivity contribution in [3.63, 3.8) is 0 Å². The summed E-state index contributed by atoms with van der Waals surface area (Å²) in [4.78, 5) is 23.8. The molecular weight excluding hydrogens is 350 g/mol. The number of carboxylic acid groups (broad SMARTS) is 1. The predicted octanol–water partition coefficient (Wildman–Crippen LogP) is 3.44. The first-order valence-electron chi connectivity index (χ1n) is 6.16. The third kappa shape index (κ3) is 4.96. The average Bonchev–Trinajstić information content (AvgIpc) is 2.33. The smallest absolute Gasteiger partial charge is 0.322 e. The van der Waals surface area contributed by atoms with Crippen molar-refractivity contribution in [3.8, 4) is 0 Å². The Hall–Kier alpha value is -1.70. The summed E-state index contributed by atoms with van der Waals surface area (Å²) in [7, 11) is 0. The Morgan fingerprint density at radius 1 is 1.33 bits per heavy atom. The zero-order chi connectivity index (χ0) is 16.2. The zero-order valence-electron chi connectivity index (χ0n) is 11.5. The van der Waals surface area contributed by atoms with E-state index in [0.29, 0.717) is 0 Å². The normalized spacial score (nSPS) is 10.6. The molecule has 0 heterocycles. The minimum atomic E-state index is -1.06. The molecule has 1 rings (SSSR count). The number of anilines is 1. The van der Waals surface area contributed by atoms with E-state index < -0.39 is 29.3 Å². The van der Waals surface area contributed by atoms with Gasteiger partial charge in [0.1, 0.15) is 5.69 Å².